The van der Waals surface area contributed by atoms with Gasteiger partial charge < -0.3 is 0 Å². The van der Waals surface area contributed by atoms with E-state index in [9.17, 15) is 0 Å². The van der Waals surface area contributed by atoms with Gasteiger partial charge in [-0.3, -0.25) is 0 Å². The van der Waals surface area contributed by atoms with Crippen LogP contribution in [0.15, 0.2) is 0 Å². The van der Waals surface area contributed by atoms with Crippen molar-refractivity contribution in [2.24, 2.45) is 11.8 Å². The molecule has 0 saturated carbocycles. The lowest BCUT2D eigenvalue weighted by Crippen LogP contribution is -2.04. The number of hydrogen-bond donors (Lipinski definition) is 0. The topological polar surface area (TPSA) is 0 Å². The zero-order valence-corrected chi connectivity index (χ0v) is 10.1. The Morgan fingerprint density at radius 3 is 2.00 bits per heavy atom. The Balaban J connectivity index is 4.27. The summed E-state index contributed by atoms with van der Waals surface area (Å²) in [7, 11) is 0. The van der Waals surface area contributed by atoms with Crippen molar-refractivity contribution in [1.29, 1.82) is 0 Å². The number of rotatable bonds is 3. The summed E-state index contributed by atoms with van der Waals surface area (Å²) in [6.07, 6.45) is 9.49. The van der Waals surface area contributed by atoms with Crippen LogP contribution in [0.25, 0.3) is 0 Å². The van der Waals surface area contributed by atoms with Crippen LogP contribution in [0.4, 0.5) is 0 Å². The minimum atomic E-state index is -0.0130. The molecule has 0 rings (SSSR count). The van der Waals surface area contributed by atoms with Crippen LogP contribution in [0.1, 0.15) is 46.5 Å². The summed E-state index contributed by atoms with van der Waals surface area (Å²) in [4.78, 5) is 0. The summed E-state index contributed by atoms with van der Waals surface area (Å²) >= 11 is 0. The Morgan fingerprint density at radius 1 is 1.00 bits per heavy atom. The maximum absolute atomic E-state index is 5.44. The fourth-order valence-electron chi connectivity index (χ4n) is 1.06. The Hall–Kier alpha value is -1.32. The van der Waals surface area contributed by atoms with Crippen molar-refractivity contribution in [3.63, 3.8) is 0 Å². The van der Waals surface area contributed by atoms with Gasteiger partial charge in [-0.2, -0.15) is 0 Å². The van der Waals surface area contributed by atoms with E-state index < -0.39 is 0 Å². The van der Waals surface area contributed by atoms with Crippen molar-refractivity contribution in [1.82, 2.24) is 0 Å². The quantitative estimate of drug-likeness (QED) is 0.612. The average molecular weight is 200 g/mol. The zero-order chi connectivity index (χ0) is 11.5. The molecule has 0 fully saturated rings. The van der Waals surface area contributed by atoms with Crippen LogP contribution in [0.3, 0.4) is 0 Å². The first kappa shape index (κ1) is 13.7. The van der Waals surface area contributed by atoms with Crippen LogP contribution in [0.2, 0.25) is 0 Å². The van der Waals surface area contributed by atoms with Gasteiger partial charge in [0.1, 0.15) is 0 Å². The summed E-state index contributed by atoms with van der Waals surface area (Å²) in [6, 6.07) is 0. The maximum Gasteiger partial charge on any atom is 0.0943 e. The molecule has 2 atom stereocenters. The molecule has 0 nitrogen and oxygen atoms in total. The van der Waals surface area contributed by atoms with E-state index in [0.717, 1.165) is 25.7 Å². The fourth-order valence-corrected chi connectivity index (χ4v) is 1.06. The molecule has 0 aliphatic carbocycles. The third-order valence-electron chi connectivity index (χ3n) is 2.02. The van der Waals surface area contributed by atoms with E-state index in [4.69, 9.17) is 6.42 Å². The Labute approximate surface area is 94.8 Å². The van der Waals surface area contributed by atoms with Crippen LogP contribution >= 0.6 is 0 Å². The van der Waals surface area contributed by atoms with Gasteiger partial charge in [0, 0.05) is 18.8 Å². The monoisotopic (exact) mass is 200 g/mol. The van der Waals surface area contributed by atoms with E-state index in [0.29, 0.717) is 0 Å². The van der Waals surface area contributed by atoms with Crippen molar-refractivity contribution in [3.8, 4) is 36.0 Å². The van der Waals surface area contributed by atoms with Crippen LogP contribution in [0.5, 0.6) is 0 Å². The van der Waals surface area contributed by atoms with Crippen molar-refractivity contribution >= 4 is 0 Å². The first-order chi connectivity index (χ1) is 7.26. The lowest BCUT2D eigenvalue weighted by molar-refractivity contribution is 0.669. The molecule has 0 radical (unpaired) electrons. The number of terminal acetylenes is 1. The van der Waals surface area contributed by atoms with E-state index in [1.165, 1.54) is 0 Å². The van der Waals surface area contributed by atoms with Gasteiger partial charge in [0.05, 0.1) is 5.92 Å². The largest absolute Gasteiger partial charge is 0.119 e. The standard InChI is InChI=1S/C15H20/c1-5-8-10-12-14(4)15(7-3)13-11-9-6-2/h3,14-15H,5-6,8-9H2,1-2,4H3. The summed E-state index contributed by atoms with van der Waals surface area (Å²) in [5.74, 6) is 15.4. The van der Waals surface area contributed by atoms with Crippen LogP contribution < -0.4 is 0 Å². The molecule has 0 aliphatic heterocycles. The summed E-state index contributed by atoms with van der Waals surface area (Å²) in [5, 5.41) is 0. The summed E-state index contributed by atoms with van der Waals surface area (Å²) in [5.41, 5.74) is 0. The van der Waals surface area contributed by atoms with Crippen LogP contribution in [-0.2, 0) is 0 Å². The van der Waals surface area contributed by atoms with E-state index >= 15 is 0 Å². The lowest BCUT2D eigenvalue weighted by atomic mass is 9.95. The SMILES string of the molecule is C#CC(C#CCCC)C(C)C#CCCC. The van der Waals surface area contributed by atoms with Crippen molar-refractivity contribution in [2.75, 3.05) is 0 Å². The van der Waals surface area contributed by atoms with Gasteiger partial charge in [-0.25, -0.2) is 0 Å². The second-order valence-electron chi connectivity index (χ2n) is 3.58. The molecule has 0 aliphatic rings. The first-order valence-electron chi connectivity index (χ1n) is 5.69. The first-order valence-corrected chi connectivity index (χ1v) is 5.69. The molecule has 0 aromatic heterocycles. The van der Waals surface area contributed by atoms with E-state index in [2.05, 4.69) is 43.4 Å². The minimum absolute atomic E-state index is 0.0130. The second-order valence-corrected chi connectivity index (χ2v) is 3.58. The minimum Gasteiger partial charge on any atom is -0.119 e. The smallest absolute Gasteiger partial charge is 0.0943 e. The highest BCUT2D eigenvalue weighted by atomic mass is 14.1. The van der Waals surface area contributed by atoms with Gasteiger partial charge in [0.25, 0.3) is 0 Å². The molecule has 0 bridgehead atoms. The zero-order valence-electron chi connectivity index (χ0n) is 10.1. The van der Waals surface area contributed by atoms with Gasteiger partial charge in [-0.15, -0.1) is 18.3 Å². The predicted octanol–water partition coefficient (Wildman–Crippen LogP) is 3.48. The number of unbranched alkanes of at least 4 members (excludes halogenated alkanes) is 2. The van der Waals surface area contributed by atoms with Gasteiger partial charge >= 0.3 is 0 Å². The summed E-state index contributed by atoms with van der Waals surface area (Å²) < 4.78 is 0. The summed E-state index contributed by atoms with van der Waals surface area (Å²) in [6.45, 7) is 6.29. The Kier molecular flexibility index (Phi) is 8.43. The van der Waals surface area contributed by atoms with Crippen molar-refractivity contribution in [3.05, 3.63) is 0 Å². The highest BCUT2D eigenvalue weighted by Gasteiger charge is 2.08. The molecule has 15 heavy (non-hydrogen) atoms. The average Bonchev–Trinajstić information content (AvgIpc) is 2.24. The molecule has 0 aromatic rings. The molecule has 2 unspecified atom stereocenters. The molecule has 0 aromatic carbocycles. The maximum atomic E-state index is 5.44. The predicted molar refractivity (Wildman–Crippen MR) is 66.9 cm³/mol. The Morgan fingerprint density at radius 2 is 1.53 bits per heavy atom. The van der Waals surface area contributed by atoms with Crippen LogP contribution in [-0.4, -0.2) is 0 Å². The molecular weight excluding hydrogens is 180 g/mol. The van der Waals surface area contributed by atoms with Gasteiger partial charge in [-0.05, 0) is 19.8 Å². The van der Waals surface area contributed by atoms with Gasteiger partial charge in [0.15, 0.2) is 0 Å². The molecule has 80 valence electrons. The van der Waals surface area contributed by atoms with Gasteiger partial charge in [-0.1, -0.05) is 31.6 Å². The Bertz CT molecular complexity index is 308. The lowest BCUT2D eigenvalue weighted by Gasteiger charge is -2.05. The third kappa shape index (κ3) is 6.71. The fraction of sp³-hybridized carbons (Fsp3) is 0.600. The molecule has 0 N–H and O–H groups in total. The molecular formula is C15H20. The van der Waals surface area contributed by atoms with E-state index in [1.54, 1.807) is 0 Å². The van der Waals surface area contributed by atoms with Crippen molar-refractivity contribution in [2.45, 2.75) is 46.5 Å². The molecule has 0 spiro atoms. The molecule has 0 saturated heterocycles. The van der Waals surface area contributed by atoms with E-state index in [1.807, 2.05) is 6.92 Å². The van der Waals surface area contributed by atoms with E-state index in [-0.39, 0.29) is 11.8 Å². The third-order valence-corrected chi connectivity index (χ3v) is 2.02. The number of hydrogen-bond acceptors (Lipinski definition) is 0. The highest BCUT2D eigenvalue weighted by molar-refractivity contribution is 5.21. The second kappa shape index (κ2) is 9.24. The highest BCUT2D eigenvalue weighted by Crippen LogP contribution is 2.08. The van der Waals surface area contributed by atoms with Crippen molar-refractivity contribution < 1.29 is 0 Å². The molecule has 0 heteroatoms. The van der Waals surface area contributed by atoms with Gasteiger partial charge in [0.2, 0.25) is 0 Å². The molecule has 0 amide bonds. The molecule has 0 heterocycles. The van der Waals surface area contributed by atoms with Crippen LogP contribution in [0, 0.1) is 47.9 Å². The normalized spacial score (nSPS) is 12.4.